The molecule has 20 heavy (non-hydrogen) atoms. The van der Waals surface area contributed by atoms with Gasteiger partial charge in [-0.15, -0.1) is 0 Å². The highest BCUT2D eigenvalue weighted by Gasteiger charge is 2.29. The number of ether oxygens (including phenoxy) is 1. The number of halogens is 1. The normalized spacial score (nSPS) is 22.6. The van der Waals surface area contributed by atoms with Gasteiger partial charge in [-0.3, -0.25) is 14.9 Å². The van der Waals surface area contributed by atoms with Gasteiger partial charge in [0.15, 0.2) is 0 Å². The third kappa shape index (κ3) is 2.99. The van der Waals surface area contributed by atoms with Gasteiger partial charge in [-0.1, -0.05) is 0 Å². The average Bonchev–Trinajstić information content (AvgIpc) is 2.41. The van der Waals surface area contributed by atoms with E-state index in [4.69, 9.17) is 4.74 Å². The minimum Gasteiger partial charge on any atom is -0.375 e. The van der Waals surface area contributed by atoms with E-state index in [1.54, 1.807) is 11.0 Å². The van der Waals surface area contributed by atoms with Crippen LogP contribution in [0.2, 0.25) is 0 Å². The second kappa shape index (κ2) is 5.88. The molecule has 0 radical (unpaired) electrons. The number of nitro benzene ring substituents is 1. The maximum Gasteiger partial charge on any atom is 0.284 e. The molecule has 1 fully saturated rings. The molecule has 1 aromatic carbocycles. The first-order chi connectivity index (χ1) is 9.40. The number of nitrogens with zero attached hydrogens (tertiary/aromatic N) is 2. The molecule has 7 heteroatoms. The second-order valence-corrected chi connectivity index (χ2v) is 5.73. The lowest BCUT2D eigenvalue weighted by Crippen LogP contribution is -2.50. The van der Waals surface area contributed by atoms with E-state index < -0.39 is 4.92 Å². The van der Waals surface area contributed by atoms with Gasteiger partial charge in [-0.05, 0) is 41.9 Å². The summed E-state index contributed by atoms with van der Waals surface area (Å²) < 4.78 is 5.84. The number of hydrogen-bond donors (Lipinski definition) is 0. The maximum absolute atomic E-state index is 12.5. The molecule has 1 heterocycles. The molecule has 0 aliphatic carbocycles. The van der Waals surface area contributed by atoms with E-state index in [2.05, 4.69) is 15.9 Å². The lowest BCUT2D eigenvalue weighted by Gasteiger charge is -2.36. The van der Waals surface area contributed by atoms with Crippen LogP contribution in [0.4, 0.5) is 5.69 Å². The highest BCUT2D eigenvalue weighted by atomic mass is 79.9. The van der Waals surface area contributed by atoms with Gasteiger partial charge >= 0.3 is 0 Å². The fourth-order valence-electron chi connectivity index (χ4n) is 2.14. The van der Waals surface area contributed by atoms with Gasteiger partial charge in [0.1, 0.15) is 0 Å². The summed E-state index contributed by atoms with van der Waals surface area (Å²) in [4.78, 5) is 24.6. The first-order valence-electron chi connectivity index (χ1n) is 6.26. The fourth-order valence-corrected chi connectivity index (χ4v) is 2.53. The number of carbonyl (C=O) groups is 1. The van der Waals surface area contributed by atoms with Crippen LogP contribution < -0.4 is 0 Å². The highest BCUT2D eigenvalue weighted by Crippen LogP contribution is 2.27. The van der Waals surface area contributed by atoms with E-state index in [0.717, 1.165) is 0 Å². The number of nitro groups is 1. The molecule has 0 N–H and O–H groups in total. The summed E-state index contributed by atoms with van der Waals surface area (Å²) in [5.74, 6) is -0.205. The van der Waals surface area contributed by atoms with Gasteiger partial charge < -0.3 is 9.64 Å². The van der Waals surface area contributed by atoms with E-state index in [1.807, 2.05) is 13.8 Å². The van der Waals surface area contributed by atoms with Crippen molar-refractivity contribution in [2.75, 3.05) is 13.2 Å². The molecule has 1 aliphatic rings. The van der Waals surface area contributed by atoms with Crippen molar-refractivity contribution in [1.82, 2.24) is 4.90 Å². The molecule has 0 saturated carbocycles. The zero-order valence-electron chi connectivity index (χ0n) is 11.2. The van der Waals surface area contributed by atoms with Crippen LogP contribution in [-0.4, -0.2) is 41.0 Å². The zero-order valence-corrected chi connectivity index (χ0v) is 12.8. The largest absolute Gasteiger partial charge is 0.375 e. The van der Waals surface area contributed by atoms with Crippen molar-refractivity contribution in [2.24, 2.45) is 0 Å². The molecule has 2 atom stereocenters. The number of amides is 1. The van der Waals surface area contributed by atoms with Crippen molar-refractivity contribution in [2.45, 2.75) is 26.0 Å². The van der Waals surface area contributed by atoms with Crippen molar-refractivity contribution in [3.63, 3.8) is 0 Å². The first kappa shape index (κ1) is 14.9. The predicted molar refractivity (Wildman–Crippen MR) is 76.7 cm³/mol. The highest BCUT2D eigenvalue weighted by molar-refractivity contribution is 9.10. The van der Waals surface area contributed by atoms with E-state index in [1.165, 1.54) is 12.1 Å². The number of rotatable bonds is 2. The average molecular weight is 343 g/mol. The Morgan fingerprint density at radius 3 is 2.85 bits per heavy atom. The van der Waals surface area contributed by atoms with Crippen LogP contribution in [0, 0.1) is 10.1 Å². The van der Waals surface area contributed by atoms with Gasteiger partial charge in [0.25, 0.3) is 11.6 Å². The summed E-state index contributed by atoms with van der Waals surface area (Å²) in [5, 5.41) is 10.9. The van der Waals surface area contributed by atoms with Gasteiger partial charge in [0, 0.05) is 18.2 Å². The van der Waals surface area contributed by atoms with Crippen LogP contribution in [0.5, 0.6) is 0 Å². The Bertz CT molecular complexity index is 549. The molecule has 2 unspecified atom stereocenters. The molecular formula is C13H15BrN2O4. The Kier molecular flexibility index (Phi) is 4.39. The molecule has 1 aromatic rings. The molecule has 0 bridgehead atoms. The lowest BCUT2D eigenvalue weighted by atomic mass is 10.1. The number of hydrogen-bond acceptors (Lipinski definition) is 4. The Labute approximate surface area is 125 Å². The van der Waals surface area contributed by atoms with E-state index in [9.17, 15) is 14.9 Å². The topological polar surface area (TPSA) is 72.7 Å². The van der Waals surface area contributed by atoms with Crippen molar-refractivity contribution < 1.29 is 14.5 Å². The molecule has 1 aliphatic heterocycles. The fraction of sp³-hybridized carbons (Fsp3) is 0.462. The van der Waals surface area contributed by atoms with Crippen LogP contribution in [-0.2, 0) is 4.74 Å². The summed E-state index contributed by atoms with van der Waals surface area (Å²) in [6.45, 7) is 4.77. The Morgan fingerprint density at radius 1 is 1.50 bits per heavy atom. The van der Waals surface area contributed by atoms with Crippen LogP contribution in [0.1, 0.15) is 24.2 Å². The number of morpholine rings is 1. The van der Waals surface area contributed by atoms with Crippen molar-refractivity contribution in [3.8, 4) is 0 Å². The van der Waals surface area contributed by atoms with Crippen molar-refractivity contribution in [1.29, 1.82) is 0 Å². The quantitative estimate of drug-likeness (QED) is 0.611. The van der Waals surface area contributed by atoms with Crippen LogP contribution >= 0.6 is 15.9 Å². The number of benzene rings is 1. The summed E-state index contributed by atoms with van der Waals surface area (Å²) in [5.41, 5.74) is 0.214. The summed E-state index contributed by atoms with van der Waals surface area (Å²) >= 11 is 3.11. The molecule has 0 aromatic heterocycles. The predicted octanol–water partition coefficient (Wildman–Crippen LogP) is 2.61. The summed E-state index contributed by atoms with van der Waals surface area (Å²) in [6, 6.07) is 4.38. The Balaban J connectivity index is 2.29. The van der Waals surface area contributed by atoms with E-state index in [-0.39, 0.29) is 23.7 Å². The van der Waals surface area contributed by atoms with Crippen molar-refractivity contribution in [3.05, 3.63) is 38.3 Å². The lowest BCUT2D eigenvalue weighted by molar-refractivity contribution is -0.385. The number of carbonyl (C=O) groups excluding carboxylic acids is 1. The van der Waals surface area contributed by atoms with Gasteiger partial charge in [0.2, 0.25) is 0 Å². The SMILES string of the molecule is CC1CN(C(=O)c2ccc(Br)c([N+](=O)[O-])c2)C(C)CO1. The minimum atomic E-state index is -0.508. The van der Waals surface area contributed by atoms with Gasteiger partial charge in [0.05, 0.1) is 28.1 Å². The molecule has 0 spiro atoms. The van der Waals surface area contributed by atoms with Crippen molar-refractivity contribution >= 4 is 27.5 Å². The third-order valence-corrected chi connectivity index (χ3v) is 3.93. The van der Waals surface area contributed by atoms with Gasteiger partial charge in [-0.2, -0.15) is 0 Å². The molecule has 1 amide bonds. The standard InChI is InChI=1S/C13H15BrN2O4/c1-8-7-20-9(2)6-15(8)13(17)10-3-4-11(14)12(5-10)16(18)19/h3-5,8-9H,6-7H2,1-2H3. The van der Waals surface area contributed by atoms with Gasteiger partial charge in [-0.25, -0.2) is 0 Å². The smallest absolute Gasteiger partial charge is 0.284 e. The van der Waals surface area contributed by atoms with Crippen LogP contribution in [0.3, 0.4) is 0 Å². The van der Waals surface area contributed by atoms with Crippen LogP contribution in [0.15, 0.2) is 22.7 Å². The summed E-state index contributed by atoms with van der Waals surface area (Å²) in [7, 11) is 0. The van der Waals surface area contributed by atoms with E-state index in [0.29, 0.717) is 23.2 Å². The molecule has 108 valence electrons. The molecule has 2 rings (SSSR count). The molecule has 1 saturated heterocycles. The third-order valence-electron chi connectivity index (χ3n) is 3.26. The first-order valence-corrected chi connectivity index (χ1v) is 7.06. The Morgan fingerprint density at radius 2 is 2.20 bits per heavy atom. The monoisotopic (exact) mass is 342 g/mol. The second-order valence-electron chi connectivity index (χ2n) is 4.87. The minimum absolute atomic E-state index is 0.0272. The summed E-state index contributed by atoms with van der Waals surface area (Å²) in [6.07, 6.45) is -0.0272. The zero-order chi connectivity index (χ0) is 14.9. The molecular weight excluding hydrogens is 328 g/mol. The molecule has 6 nitrogen and oxygen atoms in total. The van der Waals surface area contributed by atoms with Crippen LogP contribution in [0.25, 0.3) is 0 Å². The Hall–Kier alpha value is -1.47. The maximum atomic E-state index is 12.5. The van der Waals surface area contributed by atoms with E-state index >= 15 is 0 Å².